The van der Waals surface area contributed by atoms with Crippen LogP contribution in [0.2, 0.25) is 0 Å². The third-order valence-corrected chi connectivity index (χ3v) is 3.76. The number of carbonyl (C=O) groups excluding carboxylic acids is 1. The molecule has 1 amide bonds. The first-order valence-corrected chi connectivity index (χ1v) is 7.23. The van der Waals surface area contributed by atoms with Crippen LogP contribution in [0.1, 0.15) is 33.5 Å². The third-order valence-electron chi connectivity index (χ3n) is 2.72. The van der Waals surface area contributed by atoms with Gasteiger partial charge in [0.15, 0.2) is 0 Å². The topological polar surface area (TPSA) is 64.1 Å². The molecule has 2 heterocycles. The second-order valence-electron chi connectivity index (χ2n) is 4.43. The average molecular weight is 291 g/mol. The van der Waals surface area contributed by atoms with Crippen LogP contribution in [-0.4, -0.2) is 22.5 Å². The molecule has 0 saturated heterocycles. The minimum Gasteiger partial charge on any atom is -0.464 e. The summed E-state index contributed by atoms with van der Waals surface area (Å²) in [7, 11) is 0. The van der Waals surface area contributed by atoms with Crippen LogP contribution in [0.5, 0.6) is 6.01 Å². The van der Waals surface area contributed by atoms with Crippen molar-refractivity contribution in [3.05, 3.63) is 33.3 Å². The summed E-state index contributed by atoms with van der Waals surface area (Å²) in [5.74, 6) is -0.137. The molecule has 2 aromatic rings. The van der Waals surface area contributed by atoms with Crippen LogP contribution in [0.25, 0.3) is 0 Å². The molecular formula is C14H17N3O2S. The SMILES string of the molecule is CCOc1nc(C)c(NC(=O)c2cc(C)cs2)c(C)n1. The molecule has 0 saturated carbocycles. The van der Waals surface area contributed by atoms with Crippen LogP contribution >= 0.6 is 11.3 Å². The fourth-order valence-corrected chi connectivity index (χ4v) is 2.58. The monoisotopic (exact) mass is 291 g/mol. The van der Waals surface area contributed by atoms with E-state index in [0.29, 0.717) is 34.6 Å². The lowest BCUT2D eigenvalue weighted by Crippen LogP contribution is -2.14. The van der Waals surface area contributed by atoms with Crippen LogP contribution in [0.4, 0.5) is 5.69 Å². The lowest BCUT2D eigenvalue weighted by molar-refractivity contribution is 0.103. The predicted octanol–water partition coefficient (Wildman–Crippen LogP) is 3.11. The molecule has 0 aliphatic carbocycles. The molecule has 106 valence electrons. The predicted molar refractivity (Wildman–Crippen MR) is 79.7 cm³/mol. The molecule has 0 aromatic carbocycles. The third kappa shape index (κ3) is 3.14. The Morgan fingerprint density at radius 3 is 2.45 bits per heavy atom. The summed E-state index contributed by atoms with van der Waals surface area (Å²) in [6, 6.07) is 2.20. The van der Waals surface area contributed by atoms with Gasteiger partial charge in [-0.1, -0.05) is 0 Å². The fourth-order valence-electron chi connectivity index (χ4n) is 1.79. The van der Waals surface area contributed by atoms with Gasteiger partial charge >= 0.3 is 6.01 Å². The van der Waals surface area contributed by atoms with Gasteiger partial charge in [0.25, 0.3) is 5.91 Å². The summed E-state index contributed by atoms with van der Waals surface area (Å²) < 4.78 is 5.28. The van der Waals surface area contributed by atoms with Crippen molar-refractivity contribution in [1.82, 2.24) is 9.97 Å². The number of rotatable bonds is 4. The molecule has 0 bridgehead atoms. The highest BCUT2D eigenvalue weighted by Crippen LogP contribution is 2.22. The van der Waals surface area contributed by atoms with E-state index in [2.05, 4.69) is 15.3 Å². The van der Waals surface area contributed by atoms with Crippen LogP contribution in [0.15, 0.2) is 11.4 Å². The highest BCUT2D eigenvalue weighted by molar-refractivity contribution is 7.12. The molecule has 0 radical (unpaired) electrons. The molecule has 0 unspecified atom stereocenters. The van der Waals surface area contributed by atoms with Gasteiger partial charge in [0.05, 0.1) is 28.6 Å². The molecule has 6 heteroatoms. The Kier molecular flexibility index (Phi) is 4.34. The van der Waals surface area contributed by atoms with Gasteiger partial charge in [0.1, 0.15) is 0 Å². The first-order chi connectivity index (χ1) is 9.51. The molecule has 2 aromatic heterocycles. The minimum atomic E-state index is -0.137. The largest absolute Gasteiger partial charge is 0.464 e. The zero-order chi connectivity index (χ0) is 14.7. The van der Waals surface area contributed by atoms with Gasteiger partial charge in [-0.05, 0) is 44.7 Å². The standard InChI is InChI=1S/C14H17N3O2S/c1-5-19-14-15-9(3)12(10(4)16-14)17-13(18)11-6-8(2)7-20-11/h6-7H,5H2,1-4H3,(H,17,18). The van der Waals surface area contributed by atoms with Crippen molar-refractivity contribution in [1.29, 1.82) is 0 Å². The van der Waals surface area contributed by atoms with E-state index in [1.165, 1.54) is 11.3 Å². The number of hydrogen-bond acceptors (Lipinski definition) is 5. The van der Waals surface area contributed by atoms with Gasteiger partial charge in [-0.2, -0.15) is 9.97 Å². The van der Waals surface area contributed by atoms with Gasteiger partial charge in [-0.3, -0.25) is 4.79 Å². The van der Waals surface area contributed by atoms with Gasteiger partial charge in [-0.15, -0.1) is 11.3 Å². The molecule has 2 rings (SSSR count). The van der Waals surface area contributed by atoms with E-state index in [9.17, 15) is 4.79 Å². The summed E-state index contributed by atoms with van der Waals surface area (Å²) in [5, 5.41) is 4.82. The van der Waals surface area contributed by atoms with E-state index in [0.717, 1.165) is 5.56 Å². The summed E-state index contributed by atoms with van der Waals surface area (Å²) >= 11 is 1.42. The molecule has 0 spiro atoms. The molecule has 20 heavy (non-hydrogen) atoms. The Bertz CT molecular complexity index is 614. The van der Waals surface area contributed by atoms with Crippen molar-refractivity contribution in [2.45, 2.75) is 27.7 Å². The highest BCUT2D eigenvalue weighted by Gasteiger charge is 2.14. The van der Waals surface area contributed by atoms with Crippen LogP contribution in [0.3, 0.4) is 0 Å². The van der Waals surface area contributed by atoms with E-state index in [1.807, 2.05) is 39.1 Å². The molecular weight excluding hydrogens is 274 g/mol. The number of thiophene rings is 1. The number of anilines is 1. The number of ether oxygens (including phenoxy) is 1. The molecule has 1 N–H and O–H groups in total. The summed E-state index contributed by atoms with van der Waals surface area (Å²) in [6.07, 6.45) is 0. The van der Waals surface area contributed by atoms with E-state index < -0.39 is 0 Å². The smallest absolute Gasteiger partial charge is 0.316 e. The van der Waals surface area contributed by atoms with Crippen LogP contribution < -0.4 is 10.1 Å². The van der Waals surface area contributed by atoms with Gasteiger partial charge in [0.2, 0.25) is 0 Å². The van der Waals surface area contributed by atoms with Crippen molar-refractivity contribution in [3.8, 4) is 6.01 Å². The molecule has 0 aliphatic rings. The number of nitrogens with zero attached hydrogens (tertiary/aromatic N) is 2. The van der Waals surface area contributed by atoms with Gasteiger partial charge < -0.3 is 10.1 Å². The molecule has 0 fully saturated rings. The number of aryl methyl sites for hydroxylation is 3. The number of hydrogen-bond donors (Lipinski definition) is 1. The quantitative estimate of drug-likeness (QED) is 0.940. The highest BCUT2D eigenvalue weighted by atomic mass is 32.1. The molecule has 5 nitrogen and oxygen atoms in total. The maximum atomic E-state index is 12.2. The number of carbonyl (C=O) groups is 1. The van der Waals surface area contributed by atoms with Crippen molar-refractivity contribution in [2.75, 3.05) is 11.9 Å². The van der Waals surface area contributed by atoms with Gasteiger partial charge in [-0.25, -0.2) is 0 Å². The van der Waals surface area contributed by atoms with Crippen LogP contribution in [0, 0.1) is 20.8 Å². The van der Waals surface area contributed by atoms with Crippen LogP contribution in [-0.2, 0) is 0 Å². The molecule has 0 aliphatic heterocycles. The number of nitrogens with one attached hydrogen (secondary N) is 1. The van der Waals surface area contributed by atoms with Crippen molar-refractivity contribution in [2.24, 2.45) is 0 Å². The van der Waals surface area contributed by atoms with E-state index in [-0.39, 0.29) is 5.91 Å². The first kappa shape index (κ1) is 14.5. The lowest BCUT2D eigenvalue weighted by atomic mass is 10.2. The summed E-state index contributed by atoms with van der Waals surface area (Å²) in [5.41, 5.74) is 3.12. The van der Waals surface area contributed by atoms with E-state index in [4.69, 9.17) is 4.74 Å². The van der Waals surface area contributed by atoms with Crippen molar-refractivity contribution < 1.29 is 9.53 Å². The maximum Gasteiger partial charge on any atom is 0.316 e. The fraction of sp³-hybridized carbons (Fsp3) is 0.357. The summed E-state index contributed by atoms with van der Waals surface area (Å²) in [4.78, 5) is 21.3. The van der Waals surface area contributed by atoms with E-state index >= 15 is 0 Å². The van der Waals surface area contributed by atoms with Gasteiger partial charge in [0, 0.05) is 0 Å². The number of aromatic nitrogens is 2. The Labute approximate surface area is 122 Å². The second kappa shape index (κ2) is 6.00. The summed E-state index contributed by atoms with van der Waals surface area (Å²) in [6.45, 7) is 8.00. The van der Waals surface area contributed by atoms with Crippen molar-refractivity contribution >= 4 is 22.9 Å². The lowest BCUT2D eigenvalue weighted by Gasteiger charge is -2.11. The zero-order valence-electron chi connectivity index (χ0n) is 12.0. The Hall–Kier alpha value is -1.95. The van der Waals surface area contributed by atoms with Crippen molar-refractivity contribution in [3.63, 3.8) is 0 Å². The van der Waals surface area contributed by atoms with E-state index in [1.54, 1.807) is 0 Å². The first-order valence-electron chi connectivity index (χ1n) is 6.35. The zero-order valence-corrected chi connectivity index (χ0v) is 12.8. The second-order valence-corrected chi connectivity index (χ2v) is 5.34. The Balaban J connectivity index is 2.23. The number of amides is 1. The normalized spacial score (nSPS) is 10.4. The average Bonchev–Trinajstić information content (AvgIpc) is 2.81. The Morgan fingerprint density at radius 1 is 1.30 bits per heavy atom. The maximum absolute atomic E-state index is 12.2. The Morgan fingerprint density at radius 2 is 1.95 bits per heavy atom. The minimum absolute atomic E-state index is 0.137. The molecule has 0 atom stereocenters.